The van der Waals surface area contributed by atoms with Crippen LogP contribution in [0.1, 0.15) is 34.3 Å². The number of rotatable bonds is 5. The number of hydrogen-bond acceptors (Lipinski definition) is 3. The molecule has 1 aromatic carbocycles. The molecule has 1 aliphatic heterocycles. The maximum absolute atomic E-state index is 12.3. The average Bonchev–Trinajstić information content (AvgIpc) is 3.02. The minimum atomic E-state index is -0.176. The molecule has 2 aromatic rings. The van der Waals surface area contributed by atoms with Crippen molar-refractivity contribution in [2.24, 2.45) is 0 Å². The first-order valence-electron chi connectivity index (χ1n) is 7.87. The molecule has 0 bridgehead atoms. The maximum Gasteiger partial charge on any atom is 0.252 e. The van der Waals surface area contributed by atoms with Gasteiger partial charge in [-0.25, -0.2) is 0 Å². The van der Waals surface area contributed by atoms with Crippen LogP contribution < -0.4 is 5.32 Å². The highest BCUT2D eigenvalue weighted by molar-refractivity contribution is 9.10. The summed E-state index contributed by atoms with van der Waals surface area (Å²) in [5, 5.41) is 2.82. The zero-order valence-electron chi connectivity index (χ0n) is 13.2. The lowest BCUT2D eigenvalue weighted by atomic mass is 10.1. The molecule has 0 unspecified atom stereocenters. The van der Waals surface area contributed by atoms with Gasteiger partial charge in [-0.05, 0) is 39.5 Å². The highest BCUT2D eigenvalue weighted by Crippen LogP contribution is 2.22. The Bertz CT molecular complexity index is 738. The second-order valence-corrected chi connectivity index (χ2v) is 6.69. The van der Waals surface area contributed by atoms with E-state index in [1.54, 1.807) is 12.3 Å². The van der Waals surface area contributed by atoms with Gasteiger partial charge in [-0.1, -0.05) is 24.3 Å². The Labute approximate surface area is 149 Å². The van der Waals surface area contributed by atoms with Gasteiger partial charge in [0.2, 0.25) is 5.91 Å². The fraction of sp³-hybridized carbons (Fsp3) is 0.278. The number of carbonyl (C=O) groups excluding carboxylic acids is 2. The number of nitrogens with one attached hydrogen (secondary N) is 1. The van der Waals surface area contributed by atoms with Crippen LogP contribution in [0.2, 0.25) is 0 Å². The first-order valence-corrected chi connectivity index (χ1v) is 8.66. The van der Waals surface area contributed by atoms with E-state index in [0.29, 0.717) is 38.0 Å². The second kappa shape index (κ2) is 7.57. The van der Waals surface area contributed by atoms with Gasteiger partial charge in [-0.3, -0.25) is 14.6 Å². The van der Waals surface area contributed by atoms with Gasteiger partial charge < -0.3 is 10.2 Å². The van der Waals surface area contributed by atoms with Crippen molar-refractivity contribution in [2.45, 2.75) is 25.9 Å². The van der Waals surface area contributed by atoms with Crippen LogP contribution >= 0.6 is 15.9 Å². The number of fused-ring (bicyclic) bond motifs is 1. The summed E-state index contributed by atoms with van der Waals surface area (Å²) in [6.45, 7) is 1.84. The molecule has 6 heteroatoms. The van der Waals surface area contributed by atoms with E-state index in [-0.39, 0.29) is 11.8 Å². The standard InChI is InChI=1S/C18H18BrN3O2/c19-16-8-15(9-20-10-16)18(24)21-7-3-6-17(23)22-11-13-4-1-2-5-14(13)12-22/h1-2,4-5,8-10H,3,6-7,11-12H2,(H,21,24). The topological polar surface area (TPSA) is 62.3 Å². The molecule has 24 heavy (non-hydrogen) atoms. The predicted molar refractivity (Wildman–Crippen MR) is 94.2 cm³/mol. The molecule has 0 atom stereocenters. The second-order valence-electron chi connectivity index (χ2n) is 5.77. The zero-order chi connectivity index (χ0) is 16.9. The lowest BCUT2D eigenvalue weighted by molar-refractivity contribution is -0.131. The normalized spacial score (nSPS) is 12.8. The zero-order valence-corrected chi connectivity index (χ0v) is 14.8. The van der Waals surface area contributed by atoms with Crippen molar-refractivity contribution in [2.75, 3.05) is 6.54 Å². The van der Waals surface area contributed by atoms with E-state index in [0.717, 1.165) is 4.47 Å². The largest absolute Gasteiger partial charge is 0.352 e. The van der Waals surface area contributed by atoms with Crippen molar-refractivity contribution in [3.8, 4) is 0 Å². The van der Waals surface area contributed by atoms with E-state index in [1.165, 1.54) is 17.3 Å². The van der Waals surface area contributed by atoms with Crippen LogP contribution in [0.4, 0.5) is 0 Å². The van der Waals surface area contributed by atoms with E-state index in [9.17, 15) is 9.59 Å². The Kier molecular flexibility index (Phi) is 5.25. The van der Waals surface area contributed by atoms with Crippen LogP contribution in [0.3, 0.4) is 0 Å². The van der Waals surface area contributed by atoms with Crippen LogP contribution in [0.15, 0.2) is 47.2 Å². The number of benzene rings is 1. The number of hydrogen-bond donors (Lipinski definition) is 1. The highest BCUT2D eigenvalue weighted by Gasteiger charge is 2.22. The Balaban J connectivity index is 1.41. The monoisotopic (exact) mass is 387 g/mol. The summed E-state index contributed by atoms with van der Waals surface area (Å²) >= 11 is 3.29. The smallest absolute Gasteiger partial charge is 0.252 e. The van der Waals surface area contributed by atoms with Crippen molar-refractivity contribution in [3.63, 3.8) is 0 Å². The molecule has 5 nitrogen and oxygen atoms in total. The summed E-state index contributed by atoms with van der Waals surface area (Å²) in [5.41, 5.74) is 2.95. The molecule has 1 N–H and O–H groups in total. The predicted octanol–water partition coefficient (Wildman–Crippen LogP) is 2.90. The molecule has 0 spiro atoms. The van der Waals surface area contributed by atoms with Gasteiger partial charge >= 0.3 is 0 Å². The summed E-state index contributed by atoms with van der Waals surface area (Å²) < 4.78 is 0.763. The first-order chi connectivity index (χ1) is 11.6. The Morgan fingerprint density at radius 3 is 2.54 bits per heavy atom. The molecule has 0 saturated carbocycles. The van der Waals surface area contributed by atoms with Gasteiger partial charge in [0, 0.05) is 42.9 Å². The molecule has 0 fully saturated rings. The molecule has 0 aliphatic carbocycles. The van der Waals surface area contributed by atoms with Crippen molar-refractivity contribution in [1.82, 2.24) is 15.2 Å². The van der Waals surface area contributed by atoms with Crippen molar-refractivity contribution in [1.29, 1.82) is 0 Å². The Morgan fingerprint density at radius 1 is 1.17 bits per heavy atom. The summed E-state index contributed by atoms with van der Waals surface area (Å²) in [7, 11) is 0. The lowest BCUT2D eigenvalue weighted by Crippen LogP contribution is -2.28. The molecule has 1 aliphatic rings. The first kappa shape index (κ1) is 16.6. The quantitative estimate of drug-likeness (QED) is 0.802. The molecular weight excluding hydrogens is 370 g/mol. The molecule has 0 radical (unpaired) electrons. The lowest BCUT2D eigenvalue weighted by Gasteiger charge is -2.15. The third-order valence-electron chi connectivity index (χ3n) is 4.01. The van der Waals surface area contributed by atoms with E-state index in [4.69, 9.17) is 0 Å². The van der Waals surface area contributed by atoms with E-state index < -0.39 is 0 Å². The fourth-order valence-corrected chi connectivity index (χ4v) is 3.11. The third kappa shape index (κ3) is 4.00. The van der Waals surface area contributed by atoms with E-state index in [2.05, 4.69) is 38.4 Å². The number of halogens is 1. The maximum atomic E-state index is 12.3. The number of aromatic nitrogens is 1. The molecule has 3 rings (SSSR count). The number of nitrogens with zero attached hydrogens (tertiary/aromatic N) is 2. The SMILES string of the molecule is O=C(NCCCC(=O)N1Cc2ccccc2C1)c1cncc(Br)c1. The minimum absolute atomic E-state index is 0.129. The fourth-order valence-electron chi connectivity index (χ4n) is 2.75. The highest BCUT2D eigenvalue weighted by atomic mass is 79.9. The van der Waals surface area contributed by atoms with Crippen molar-refractivity contribution >= 4 is 27.7 Å². The van der Waals surface area contributed by atoms with Crippen LogP contribution in [-0.2, 0) is 17.9 Å². The number of carbonyl (C=O) groups is 2. The van der Waals surface area contributed by atoms with Crippen LogP contribution in [-0.4, -0.2) is 28.2 Å². The van der Waals surface area contributed by atoms with Gasteiger partial charge in [0.25, 0.3) is 5.91 Å². The van der Waals surface area contributed by atoms with Gasteiger partial charge in [-0.2, -0.15) is 0 Å². The van der Waals surface area contributed by atoms with Gasteiger partial charge in [0.15, 0.2) is 0 Å². The van der Waals surface area contributed by atoms with E-state index >= 15 is 0 Å². The summed E-state index contributed by atoms with van der Waals surface area (Å²) in [5.74, 6) is -0.0469. The summed E-state index contributed by atoms with van der Waals surface area (Å²) in [6.07, 6.45) is 4.21. The molecular formula is C18H18BrN3O2. The molecule has 2 heterocycles. The van der Waals surface area contributed by atoms with Crippen LogP contribution in [0, 0.1) is 0 Å². The van der Waals surface area contributed by atoms with Crippen molar-refractivity contribution < 1.29 is 9.59 Å². The average molecular weight is 388 g/mol. The molecule has 2 amide bonds. The van der Waals surface area contributed by atoms with Gasteiger partial charge in [0.1, 0.15) is 0 Å². The van der Waals surface area contributed by atoms with Crippen LogP contribution in [0.25, 0.3) is 0 Å². The van der Waals surface area contributed by atoms with E-state index in [1.807, 2.05) is 17.0 Å². The Morgan fingerprint density at radius 2 is 1.88 bits per heavy atom. The molecule has 1 aromatic heterocycles. The summed E-state index contributed by atoms with van der Waals surface area (Å²) in [4.78, 5) is 30.1. The van der Waals surface area contributed by atoms with Crippen molar-refractivity contribution in [3.05, 3.63) is 63.9 Å². The Hall–Kier alpha value is -2.21. The number of pyridine rings is 1. The minimum Gasteiger partial charge on any atom is -0.352 e. The van der Waals surface area contributed by atoms with Gasteiger partial charge in [0.05, 0.1) is 5.56 Å². The molecule has 124 valence electrons. The summed E-state index contributed by atoms with van der Waals surface area (Å²) in [6, 6.07) is 9.84. The number of amides is 2. The van der Waals surface area contributed by atoms with Gasteiger partial charge in [-0.15, -0.1) is 0 Å². The van der Waals surface area contributed by atoms with Crippen LogP contribution in [0.5, 0.6) is 0 Å². The molecule has 0 saturated heterocycles. The third-order valence-corrected chi connectivity index (χ3v) is 4.45.